The SMILES string of the molecule is CNC(=O)N=C(OC)c1cc(Oc2ncc(C(F)(F)F)cc2Cl)ccc1[N+](=O)[O-]. The van der Waals surface area contributed by atoms with E-state index < -0.39 is 33.4 Å². The molecule has 2 rings (SSSR count). The average molecular weight is 433 g/mol. The number of ether oxygens (including phenoxy) is 2. The molecule has 9 nitrogen and oxygen atoms in total. The monoisotopic (exact) mass is 432 g/mol. The number of pyridine rings is 1. The summed E-state index contributed by atoms with van der Waals surface area (Å²) in [5.74, 6) is -0.809. The summed E-state index contributed by atoms with van der Waals surface area (Å²) in [6, 6.07) is 3.13. The van der Waals surface area contributed by atoms with E-state index in [1.807, 2.05) is 0 Å². The highest BCUT2D eigenvalue weighted by molar-refractivity contribution is 6.31. The predicted octanol–water partition coefficient (Wildman–Crippen LogP) is 4.19. The second-order valence-electron chi connectivity index (χ2n) is 5.22. The summed E-state index contributed by atoms with van der Waals surface area (Å²) in [5, 5.41) is 13.0. The van der Waals surface area contributed by atoms with Crippen LogP contribution in [0, 0.1) is 10.1 Å². The van der Waals surface area contributed by atoms with Crippen LogP contribution in [0.1, 0.15) is 11.1 Å². The highest BCUT2D eigenvalue weighted by Gasteiger charge is 2.32. The van der Waals surface area contributed by atoms with Gasteiger partial charge in [-0.05, 0) is 12.1 Å². The highest BCUT2D eigenvalue weighted by atomic mass is 35.5. The molecule has 0 unspecified atom stereocenters. The number of amides is 2. The molecule has 0 radical (unpaired) electrons. The number of benzene rings is 1. The molecule has 29 heavy (non-hydrogen) atoms. The second-order valence-corrected chi connectivity index (χ2v) is 5.63. The molecule has 1 N–H and O–H groups in total. The fraction of sp³-hybridized carbons (Fsp3) is 0.188. The Morgan fingerprint density at radius 1 is 1.34 bits per heavy atom. The predicted molar refractivity (Wildman–Crippen MR) is 95.4 cm³/mol. The zero-order chi connectivity index (χ0) is 21.8. The molecule has 0 aliphatic heterocycles. The number of halogens is 4. The van der Waals surface area contributed by atoms with Gasteiger partial charge in [0.15, 0.2) is 0 Å². The maximum Gasteiger partial charge on any atom is 0.417 e. The van der Waals surface area contributed by atoms with Crippen LogP contribution >= 0.6 is 11.6 Å². The third-order valence-corrected chi connectivity index (χ3v) is 3.63. The number of carbonyl (C=O) groups is 1. The van der Waals surface area contributed by atoms with Crippen LogP contribution in [-0.2, 0) is 10.9 Å². The number of carbonyl (C=O) groups excluding carboxylic acids is 1. The van der Waals surface area contributed by atoms with E-state index in [-0.39, 0.29) is 23.1 Å². The topological polar surface area (TPSA) is 116 Å². The zero-order valence-electron chi connectivity index (χ0n) is 14.8. The Hall–Kier alpha value is -3.41. The van der Waals surface area contributed by atoms with Crippen LogP contribution in [0.3, 0.4) is 0 Å². The molecule has 2 amide bonds. The first kappa shape index (κ1) is 21.9. The van der Waals surface area contributed by atoms with Crippen LogP contribution in [0.5, 0.6) is 11.6 Å². The lowest BCUT2D eigenvalue weighted by atomic mass is 10.1. The average Bonchev–Trinajstić information content (AvgIpc) is 2.66. The van der Waals surface area contributed by atoms with Crippen molar-refractivity contribution in [3.63, 3.8) is 0 Å². The van der Waals surface area contributed by atoms with Gasteiger partial charge in [0.1, 0.15) is 16.3 Å². The van der Waals surface area contributed by atoms with Crippen LogP contribution in [-0.4, -0.2) is 36.0 Å². The van der Waals surface area contributed by atoms with Crippen LogP contribution in [0.15, 0.2) is 35.5 Å². The van der Waals surface area contributed by atoms with Gasteiger partial charge in [0, 0.05) is 25.4 Å². The summed E-state index contributed by atoms with van der Waals surface area (Å²) in [7, 11) is 2.44. The summed E-state index contributed by atoms with van der Waals surface area (Å²) < 4.78 is 48.4. The number of nitro benzene ring substituents is 1. The number of nitrogens with zero attached hydrogens (tertiary/aromatic N) is 3. The lowest BCUT2D eigenvalue weighted by Gasteiger charge is -2.11. The van der Waals surface area contributed by atoms with Gasteiger partial charge < -0.3 is 14.8 Å². The molecule has 0 saturated heterocycles. The molecule has 2 aromatic rings. The van der Waals surface area contributed by atoms with E-state index in [4.69, 9.17) is 21.1 Å². The Morgan fingerprint density at radius 2 is 2.03 bits per heavy atom. The number of aromatic nitrogens is 1. The maximum atomic E-state index is 12.7. The first-order valence-corrected chi connectivity index (χ1v) is 7.98. The van der Waals surface area contributed by atoms with Crippen LogP contribution in [0.25, 0.3) is 0 Å². The summed E-state index contributed by atoms with van der Waals surface area (Å²) >= 11 is 5.79. The minimum atomic E-state index is -4.64. The van der Waals surface area contributed by atoms with E-state index in [2.05, 4.69) is 15.3 Å². The number of hydrogen-bond donors (Lipinski definition) is 1. The van der Waals surface area contributed by atoms with Crippen molar-refractivity contribution >= 4 is 29.2 Å². The van der Waals surface area contributed by atoms with Crippen LogP contribution < -0.4 is 10.1 Å². The molecule has 0 saturated carbocycles. The van der Waals surface area contributed by atoms with E-state index in [0.717, 1.165) is 19.2 Å². The van der Waals surface area contributed by atoms with Crippen molar-refractivity contribution in [1.29, 1.82) is 0 Å². The number of methoxy groups -OCH3 is 1. The summed E-state index contributed by atoms with van der Waals surface area (Å²) in [6.45, 7) is 0. The molecule has 0 bridgehead atoms. The van der Waals surface area contributed by atoms with Crippen molar-refractivity contribution in [3.8, 4) is 11.6 Å². The minimum absolute atomic E-state index is 0.0681. The summed E-state index contributed by atoms with van der Waals surface area (Å²) in [4.78, 5) is 29.1. The van der Waals surface area contributed by atoms with Crippen molar-refractivity contribution in [1.82, 2.24) is 10.3 Å². The van der Waals surface area contributed by atoms with Gasteiger partial charge in [-0.25, -0.2) is 9.78 Å². The number of rotatable bonds is 4. The first-order chi connectivity index (χ1) is 13.6. The Kier molecular flexibility index (Phi) is 6.59. The van der Waals surface area contributed by atoms with E-state index in [0.29, 0.717) is 12.3 Å². The molecule has 1 aromatic heterocycles. The molecular weight excluding hydrogens is 421 g/mol. The van der Waals surface area contributed by atoms with Crippen molar-refractivity contribution in [2.75, 3.05) is 14.2 Å². The number of urea groups is 1. The Balaban J connectivity index is 2.47. The molecular formula is C16H12ClF3N4O5. The standard InChI is InChI=1S/C16H12ClF3N4O5/c1-21-15(25)23-13(28-2)10-6-9(3-4-12(10)24(26)27)29-14-11(17)5-8(7-22-14)16(18,19)20/h3-7H,1-2H3,(H,21,25). The minimum Gasteiger partial charge on any atom is -0.480 e. The molecule has 0 spiro atoms. The Morgan fingerprint density at radius 3 is 2.55 bits per heavy atom. The maximum absolute atomic E-state index is 12.7. The van der Waals surface area contributed by atoms with Crippen molar-refractivity contribution in [3.05, 3.63) is 56.7 Å². The molecule has 1 heterocycles. The summed E-state index contributed by atoms with van der Waals surface area (Å²) in [5.41, 5.74) is -1.73. The quantitative estimate of drug-likeness (QED) is 0.335. The van der Waals surface area contributed by atoms with Gasteiger partial charge in [-0.2, -0.15) is 18.2 Å². The lowest BCUT2D eigenvalue weighted by molar-refractivity contribution is -0.385. The smallest absolute Gasteiger partial charge is 0.417 e. The third-order valence-electron chi connectivity index (χ3n) is 3.35. The molecule has 0 aliphatic carbocycles. The van der Waals surface area contributed by atoms with Gasteiger partial charge in [0.25, 0.3) is 5.69 Å². The second kappa shape index (κ2) is 8.73. The fourth-order valence-corrected chi connectivity index (χ4v) is 2.25. The van der Waals surface area contributed by atoms with Gasteiger partial charge >= 0.3 is 12.2 Å². The molecule has 0 aliphatic rings. The molecule has 13 heteroatoms. The van der Waals surface area contributed by atoms with E-state index in [1.165, 1.54) is 13.1 Å². The van der Waals surface area contributed by atoms with Crippen molar-refractivity contribution in [2.24, 2.45) is 4.99 Å². The Bertz CT molecular complexity index is 982. The largest absolute Gasteiger partial charge is 0.480 e. The van der Waals surface area contributed by atoms with Crippen molar-refractivity contribution in [2.45, 2.75) is 6.18 Å². The number of nitro groups is 1. The van der Waals surface area contributed by atoms with E-state index in [9.17, 15) is 28.1 Å². The fourth-order valence-electron chi connectivity index (χ4n) is 2.04. The number of hydrogen-bond acceptors (Lipinski definition) is 6. The van der Waals surface area contributed by atoms with Gasteiger partial charge in [0.05, 0.1) is 17.6 Å². The number of alkyl halides is 3. The zero-order valence-corrected chi connectivity index (χ0v) is 15.5. The molecule has 0 atom stereocenters. The first-order valence-electron chi connectivity index (χ1n) is 7.60. The van der Waals surface area contributed by atoms with Crippen LogP contribution in [0.2, 0.25) is 5.02 Å². The van der Waals surface area contributed by atoms with Gasteiger partial charge in [-0.3, -0.25) is 10.1 Å². The van der Waals surface area contributed by atoms with E-state index >= 15 is 0 Å². The van der Waals surface area contributed by atoms with Gasteiger partial charge in [-0.15, -0.1) is 0 Å². The third kappa shape index (κ3) is 5.31. The molecule has 1 aromatic carbocycles. The molecule has 154 valence electrons. The van der Waals surface area contributed by atoms with Crippen LogP contribution in [0.4, 0.5) is 23.7 Å². The molecule has 0 fully saturated rings. The summed E-state index contributed by atoms with van der Waals surface area (Å²) in [6.07, 6.45) is -4.11. The number of nitrogens with one attached hydrogen (secondary N) is 1. The van der Waals surface area contributed by atoms with Crippen molar-refractivity contribution < 1.29 is 32.4 Å². The Labute approximate surface area is 166 Å². The number of aliphatic imine (C=N–C) groups is 1. The van der Waals surface area contributed by atoms with Gasteiger partial charge in [0.2, 0.25) is 11.8 Å². The highest BCUT2D eigenvalue weighted by Crippen LogP contribution is 2.35. The lowest BCUT2D eigenvalue weighted by Crippen LogP contribution is -2.17. The van der Waals surface area contributed by atoms with E-state index in [1.54, 1.807) is 0 Å². The van der Waals surface area contributed by atoms with Gasteiger partial charge in [-0.1, -0.05) is 11.6 Å². The normalized spacial score (nSPS) is 11.7.